The van der Waals surface area contributed by atoms with E-state index in [9.17, 15) is 28.0 Å². The van der Waals surface area contributed by atoms with Gasteiger partial charge >= 0.3 is 18.8 Å². The van der Waals surface area contributed by atoms with Crippen molar-refractivity contribution < 1.29 is 42.2 Å². The molecule has 3 heterocycles. The van der Waals surface area contributed by atoms with Crippen LogP contribution < -0.4 is 10.6 Å². The van der Waals surface area contributed by atoms with Gasteiger partial charge in [-0.05, 0) is 60.4 Å². The largest absolute Gasteiger partial charge is 0.453 e. The lowest BCUT2D eigenvalue weighted by Crippen LogP contribution is -2.49. The van der Waals surface area contributed by atoms with Gasteiger partial charge in [-0.3, -0.25) is 9.59 Å². The molecule has 4 amide bonds. The van der Waals surface area contributed by atoms with Gasteiger partial charge in [0.25, 0.3) is 0 Å². The Bertz CT molecular complexity index is 2250. The van der Waals surface area contributed by atoms with E-state index in [2.05, 4.69) is 48.5 Å². The van der Waals surface area contributed by atoms with Crippen molar-refractivity contribution in [3.05, 3.63) is 109 Å². The van der Waals surface area contributed by atoms with Gasteiger partial charge in [0.05, 0.1) is 51.2 Å². The van der Waals surface area contributed by atoms with Crippen LogP contribution in [0.4, 0.5) is 18.4 Å². The number of imidazole rings is 2. The molecule has 0 bridgehead atoms. The van der Waals surface area contributed by atoms with Crippen molar-refractivity contribution in [1.82, 2.24) is 40.4 Å². The van der Waals surface area contributed by atoms with E-state index < -0.39 is 48.7 Å². The quantitative estimate of drug-likeness (QED) is 0.0684. The molecule has 4 atom stereocenters. The maximum atomic E-state index is 14.0. The van der Waals surface area contributed by atoms with Crippen LogP contribution in [0.15, 0.2) is 97.4 Å². The number of halogens is 2. The zero-order valence-corrected chi connectivity index (χ0v) is 36.5. The summed E-state index contributed by atoms with van der Waals surface area (Å²) in [5.41, 5.74) is 6.28. The van der Waals surface area contributed by atoms with Gasteiger partial charge in [0.15, 0.2) is 0 Å². The number of ether oxygens (including phenoxy) is 3. The number of likely N-dealkylation sites (tertiary alicyclic amines) is 1. The Labute approximate surface area is 366 Å². The van der Waals surface area contributed by atoms with Gasteiger partial charge in [0.2, 0.25) is 11.8 Å². The lowest BCUT2D eigenvalue weighted by Gasteiger charge is -2.27. The van der Waals surface area contributed by atoms with E-state index in [-0.39, 0.29) is 31.5 Å². The van der Waals surface area contributed by atoms with Crippen LogP contribution in [0.25, 0.3) is 33.6 Å². The SMILES string of the molecule is C=CCCN(Cc1ncc(-c2ccc(-c3ccc(-c4cnc([C@@H]5C(=C)[C@@H](COC(F)F)CN5C(=O)[C@H](C=C(C)C)NC(=O)OC)[nH]4)cc3)cc2)[nH]1)C(=O)[C@H](CC(C)C)NC(=O)OC. The molecule has 0 unspecified atom stereocenters. The third-order valence-corrected chi connectivity index (χ3v) is 10.5. The summed E-state index contributed by atoms with van der Waals surface area (Å²) < 4.78 is 40.3. The summed E-state index contributed by atoms with van der Waals surface area (Å²) >= 11 is 0. The van der Waals surface area contributed by atoms with E-state index in [1.807, 2.05) is 62.4 Å². The number of hydrogen-bond donors (Lipinski definition) is 4. The highest BCUT2D eigenvalue weighted by atomic mass is 19.3. The lowest BCUT2D eigenvalue weighted by atomic mass is 10.00. The molecule has 0 spiro atoms. The second-order valence-electron chi connectivity index (χ2n) is 15.9. The van der Waals surface area contributed by atoms with E-state index in [1.54, 1.807) is 43.3 Å². The minimum absolute atomic E-state index is 0.0163. The van der Waals surface area contributed by atoms with Crippen LogP contribution in [-0.2, 0) is 30.3 Å². The normalized spacial score (nSPS) is 15.8. The van der Waals surface area contributed by atoms with Gasteiger partial charge in [-0.1, -0.05) is 86.7 Å². The smallest absolute Gasteiger partial charge is 0.407 e. The molecule has 17 heteroatoms. The monoisotopic (exact) mass is 870 g/mol. The fourth-order valence-electron chi connectivity index (χ4n) is 7.35. The number of nitrogens with zero attached hydrogens (tertiary/aromatic N) is 4. The highest BCUT2D eigenvalue weighted by Crippen LogP contribution is 2.40. The first kappa shape index (κ1) is 47.4. The van der Waals surface area contributed by atoms with Gasteiger partial charge in [-0.2, -0.15) is 8.78 Å². The molecule has 336 valence electrons. The number of benzene rings is 2. The number of allylic oxidation sites excluding steroid dienone is 1. The molecule has 1 aliphatic rings. The number of rotatable bonds is 19. The summed E-state index contributed by atoms with van der Waals surface area (Å²) in [7, 11) is 2.45. The number of alkyl halides is 2. The fourth-order valence-corrected chi connectivity index (χ4v) is 7.35. The minimum Gasteiger partial charge on any atom is -0.453 e. The Kier molecular flexibility index (Phi) is 16.5. The van der Waals surface area contributed by atoms with E-state index in [4.69, 9.17) is 9.47 Å². The highest BCUT2D eigenvalue weighted by molar-refractivity contribution is 5.89. The summed E-state index contributed by atoms with van der Waals surface area (Å²) in [6, 6.07) is 13.1. The molecule has 4 aromatic rings. The second-order valence-corrected chi connectivity index (χ2v) is 15.9. The molecule has 2 aromatic carbocycles. The number of alkyl carbamates (subject to hydrolysis) is 2. The Hall–Kier alpha value is -6.62. The predicted molar refractivity (Wildman–Crippen MR) is 234 cm³/mol. The van der Waals surface area contributed by atoms with E-state index in [1.165, 1.54) is 19.1 Å². The van der Waals surface area contributed by atoms with Crippen LogP contribution in [0.2, 0.25) is 0 Å². The lowest BCUT2D eigenvalue weighted by molar-refractivity contribution is -0.138. The van der Waals surface area contributed by atoms with Crippen molar-refractivity contribution in [2.75, 3.05) is 33.9 Å². The molecule has 1 saturated heterocycles. The highest BCUT2D eigenvalue weighted by Gasteiger charge is 2.43. The third-order valence-electron chi connectivity index (χ3n) is 10.5. The van der Waals surface area contributed by atoms with Gasteiger partial charge < -0.3 is 44.6 Å². The number of nitrogens with one attached hydrogen (secondary N) is 4. The molecular formula is C46H56F2N8O7. The first-order chi connectivity index (χ1) is 30.1. The Balaban J connectivity index is 1.30. The van der Waals surface area contributed by atoms with Crippen LogP contribution in [0.1, 0.15) is 58.2 Å². The maximum Gasteiger partial charge on any atom is 0.407 e. The molecule has 0 aliphatic carbocycles. The fraction of sp³-hybridized carbons (Fsp3) is 0.391. The molecule has 1 aliphatic heterocycles. The Morgan fingerprint density at radius 2 is 1.48 bits per heavy atom. The number of carbonyl (C=O) groups excluding carboxylic acids is 4. The van der Waals surface area contributed by atoms with Crippen molar-refractivity contribution in [2.24, 2.45) is 11.8 Å². The maximum absolute atomic E-state index is 14.0. The van der Waals surface area contributed by atoms with E-state index in [0.29, 0.717) is 42.3 Å². The molecule has 0 saturated carbocycles. The van der Waals surface area contributed by atoms with Gasteiger partial charge in [0.1, 0.15) is 29.8 Å². The average molecular weight is 871 g/mol. The van der Waals surface area contributed by atoms with Crippen LogP contribution in [0, 0.1) is 11.8 Å². The summed E-state index contributed by atoms with van der Waals surface area (Å²) in [6.45, 7) is 12.7. The van der Waals surface area contributed by atoms with Crippen molar-refractivity contribution in [3.8, 4) is 33.6 Å². The van der Waals surface area contributed by atoms with Crippen molar-refractivity contribution in [1.29, 1.82) is 0 Å². The third kappa shape index (κ3) is 12.5. The number of hydrogen-bond acceptors (Lipinski definition) is 9. The molecule has 5 rings (SSSR count). The molecule has 4 N–H and O–H groups in total. The Morgan fingerprint density at radius 3 is 2.03 bits per heavy atom. The van der Waals surface area contributed by atoms with Crippen LogP contribution >= 0.6 is 0 Å². The number of carbonyl (C=O) groups is 4. The van der Waals surface area contributed by atoms with Crippen molar-refractivity contribution >= 4 is 24.0 Å². The molecular weight excluding hydrogens is 815 g/mol. The van der Waals surface area contributed by atoms with Crippen molar-refractivity contribution in [3.63, 3.8) is 0 Å². The predicted octanol–water partition coefficient (Wildman–Crippen LogP) is 7.79. The standard InChI is InChI=1S/C46H56F2N8O7/c1-9-10-19-55(42(57)35(20-27(2)3)53-45(59)61-7)25-39-49-22-37(51-39)32-15-11-30(12-16-32)31-13-17-33(18-14-31)38-23-50-41(52-38)40-29(6)34(26-63-44(47)48)24-56(40)43(58)36(21-28(4)5)54-46(60)62-8/h9,11-18,21-23,27,34-36,40,44H,1,6,10,19-20,24-26H2,2-5,7-8H3,(H,49,51)(H,50,52)(H,53,59)(H,54,60)/t34-,35+,36+,40+/m1/s1. The molecule has 15 nitrogen and oxygen atoms in total. The molecule has 0 radical (unpaired) electrons. The summed E-state index contributed by atoms with van der Waals surface area (Å²) in [5, 5.41) is 5.22. The van der Waals surface area contributed by atoms with Gasteiger partial charge in [-0.15, -0.1) is 6.58 Å². The molecule has 2 aromatic heterocycles. The number of aromatic nitrogens is 4. The van der Waals surface area contributed by atoms with E-state index in [0.717, 1.165) is 33.5 Å². The zero-order chi connectivity index (χ0) is 45.8. The van der Waals surface area contributed by atoms with Gasteiger partial charge in [0, 0.05) is 19.0 Å². The first-order valence-electron chi connectivity index (χ1n) is 20.5. The molecule has 63 heavy (non-hydrogen) atoms. The zero-order valence-electron chi connectivity index (χ0n) is 36.5. The van der Waals surface area contributed by atoms with Crippen molar-refractivity contribution in [2.45, 2.75) is 71.8 Å². The second kappa shape index (κ2) is 21.9. The molecule has 1 fully saturated rings. The topological polar surface area (TPSA) is 184 Å². The summed E-state index contributed by atoms with van der Waals surface area (Å²) in [6.07, 6.45) is 6.22. The Morgan fingerprint density at radius 1 is 0.905 bits per heavy atom. The van der Waals surface area contributed by atoms with Gasteiger partial charge in [-0.25, -0.2) is 19.6 Å². The van der Waals surface area contributed by atoms with Crippen LogP contribution in [-0.4, -0.2) is 106 Å². The van der Waals surface area contributed by atoms with Crippen LogP contribution in [0.5, 0.6) is 0 Å². The van der Waals surface area contributed by atoms with Crippen LogP contribution in [0.3, 0.4) is 0 Å². The number of aromatic amines is 2. The minimum atomic E-state index is -3.00. The average Bonchev–Trinajstić information content (AvgIpc) is 4.02. The number of methoxy groups -OCH3 is 2. The number of amides is 4. The van der Waals surface area contributed by atoms with E-state index >= 15 is 0 Å². The number of H-pyrrole nitrogens is 2. The summed E-state index contributed by atoms with van der Waals surface area (Å²) in [4.78, 5) is 70.7. The summed E-state index contributed by atoms with van der Waals surface area (Å²) in [5.74, 6) is -0.225. The first-order valence-corrected chi connectivity index (χ1v) is 20.5.